The van der Waals surface area contributed by atoms with Gasteiger partial charge in [0.15, 0.2) is 0 Å². The van der Waals surface area contributed by atoms with E-state index in [9.17, 15) is 31.1 Å². The van der Waals surface area contributed by atoms with E-state index >= 15 is 0 Å². The average molecular weight is 495 g/mol. The van der Waals surface area contributed by atoms with E-state index in [4.69, 9.17) is 5.11 Å². The second-order valence-corrected chi connectivity index (χ2v) is 8.46. The number of aromatic carboxylic acids is 1. The molecule has 4 rings (SSSR count). The lowest BCUT2D eigenvalue weighted by Crippen LogP contribution is -2.28. The number of halogens is 7. The molecule has 2 aromatic carbocycles. The molecule has 0 bridgehead atoms. The van der Waals surface area contributed by atoms with Crippen molar-refractivity contribution in [2.45, 2.75) is 48.9 Å². The van der Waals surface area contributed by atoms with Crippen molar-refractivity contribution < 1.29 is 36.2 Å². The van der Waals surface area contributed by atoms with E-state index in [0.717, 1.165) is 4.47 Å². The van der Waals surface area contributed by atoms with Gasteiger partial charge in [0.2, 0.25) is 0 Å². The van der Waals surface area contributed by atoms with Crippen molar-refractivity contribution in [3.63, 3.8) is 0 Å². The van der Waals surface area contributed by atoms with Crippen LogP contribution in [0.3, 0.4) is 0 Å². The summed E-state index contributed by atoms with van der Waals surface area (Å²) in [6, 6.07) is 11.3. The summed E-state index contributed by atoms with van der Waals surface area (Å²) < 4.78 is 77.0. The Labute approximate surface area is 177 Å². The fourth-order valence-corrected chi connectivity index (χ4v) is 3.69. The third-order valence-electron chi connectivity index (χ3n) is 5.67. The fraction of sp³-hybridized carbons (Fsp3) is 0.381. The molecule has 0 saturated heterocycles. The maximum Gasteiger partial charge on any atom is 0.398 e. The summed E-state index contributed by atoms with van der Waals surface area (Å²) in [5, 5.41) is 8.63. The topological polar surface area (TPSA) is 37.3 Å². The molecule has 2 nitrogen and oxygen atoms in total. The Morgan fingerprint density at radius 1 is 0.733 bits per heavy atom. The van der Waals surface area contributed by atoms with Gasteiger partial charge in [0.1, 0.15) is 0 Å². The second-order valence-electron chi connectivity index (χ2n) is 7.55. The minimum atomic E-state index is -4.25. The zero-order chi connectivity index (χ0) is 22.4. The standard InChI is InChI=1S/C11H9F3O2.C10H8BrF3/c12-11(13,14)10(5-6-10)8-3-1-7(2-4-8)9(15)16;11-8-3-1-7(2-4-8)9(5-6-9)10(12,13)14/h1-4H,5-6H2,(H,15,16);1-4H,5-6H2. The van der Waals surface area contributed by atoms with E-state index in [0.29, 0.717) is 5.56 Å². The second kappa shape index (κ2) is 7.59. The van der Waals surface area contributed by atoms with Crippen LogP contribution in [0.1, 0.15) is 47.2 Å². The van der Waals surface area contributed by atoms with Crippen molar-refractivity contribution in [3.8, 4) is 0 Å². The highest BCUT2D eigenvalue weighted by molar-refractivity contribution is 9.10. The molecule has 0 spiro atoms. The molecule has 162 valence electrons. The Morgan fingerprint density at radius 3 is 1.33 bits per heavy atom. The first kappa shape index (κ1) is 22.7. The average Bonchev–Trinajstić information content (AvgIpc) is 3.54. The van der Waals surface area contributed by atoms with E-state index in [2.05, 4.69) is 15.9 Å². The zero-order valence-corrected chi connectivity index (χ0v) is 17.0. The van der Waals surface area contributed by atoms with E-state index in [-0.39, 0.29) is 36.8 Å². The number of rotatable bonds is 3. The van der Waals surface area contributed by atoms with Crippen LogP contribution in [-0.4, -0.2) is 23.4 Å². The Balaban J connectivity index is 0.000000172. The summed E-state index contributed by atoms with van der Waals surface area (Å²) >= 11 is 3.20. The molecule has 0 aromatic heterocycles. The van der Waals surface area contributed by atoms with Crippen molar-refractivity contribution in [1.29, 1.82) is 0 Å². The number of hydrogen-bond acceptors (Lipinski definition) is 1. The fourth-order valence-electron chi connectivity index (χ4n) is 3.42. The number of carbonyl (C=O) groups is 1. The molecule has 0 atom stereocenters. The number of carboxylic acids is 1. The molecule has 0 radical (unpaired) electrons. The quantitative estimate of drug-likeness (QED) is 0.465. The van der Waals surface area contributed by atoms with E-state index in [1.165, 1.54) is 24.3 Å². The normalized spacial score (nSPS) is 18.8. The third kappa shape index (κ3) is 4.22. The summed E-state index contributed by atoms with van der Waals surface area (Å²) in [5.74, 6) is -1.14. The van der Waals surface area contributed by atoms with Crippen molar-refractivity contribution >= 4 is 21.9 Å². The molecule has 2 aliphatic rings. The van der Waals surface area contributed by atoms with E-state index in [1.54, 1.807) is 24.3 Å². The lowest BCUT2D eigenvalue weighted by Gasteiger charge is -2.19. The first-order chi connectivity index (χ1) is 13.8. The van der Waals surface area contributed by atoms with Crippen molar-refractivity contribution in [1.82, 2.24) is 0 Å². The van der Waals surface area contributed by atoms with Crippen LogP contribution in [0.5, 0.6) is 0 Å². The highest BCUT2D eigenvalue weighted by Gasteiger charge is 2.64. The summed E-state index contributed by atoms with van der Waals surface area (Å²) in [6.07, 6.45) is -7.75. The van der Waals surface area contributed by atoms with Gasteiger partial charge in [-0.2, -0.15) is 26.3 Å². The smallest absolute Gasteiger partial charge is 0.398 e. The van der Waals surface area contributed by atoms with Crippen LogP contribution in [0.2, 0.25) is 0 Å². The first-order valence-electron chi connectivity index (χ1n) is 9.06. The van der Waals surface area contributed by atoms with Gasteiger partial charge in [-0.25, -0.2) is 4.79 Å². The van der Waals surface area contributed by atoms with Crippen LogP contribution < -0.4 is 0 Å². The molecule has 9 heteroatoms. The molecule has 2 fully saturated rings. The van der Waals surface area contributed by atoms with Crippen molar-refractivity contribution in [2.75, 3.05) is 0 Å². The molecule has 0 amide bonds. The van der Waals surface area contributed by atoms with Crippen LogP contribution in [0.25, 0.3) is 0 Å². The molecule has 30 heavy (non-hydrogen) atoms. The van der Waals surface area contributed by atoms with Crippen LogP contribution in [0, 0.1) is 0 Å². The summed E-state index contributed by atoms with van der Waals surface area (Å²) in [5.41, 5.74) is -2.74. The minimum absolute atomic E-state index is 0.00160. The highest BCUT2D eigenvalue weighted by atomic mass is 79.9. The van der Waals surface area contributed by atoms with E-state index < -0.39 is 29.2 Å². The molecule has 2 saturated carbocycles. The number of alkyl halides is 6. The SMILES string of the molecule is FC(F)(F)C1(c2ccc(Br)cc2)CC1.O=C(O)c1ccc(C2(C(F)(F)F)CC2)cc1. The number of hydrogen-bond donors (Lipinski definition) is 1. The highest BCUT2D eigenvalue weighted by Crippen LogP contribution is 2.59. The molecule has 1 N–H and O–H groups in total. The Morgan fingerprint density at radius 2 is 1.07 bits per heavy atom. The number of carboxylic acid groups (broad SMARTS) is 1. The van der Waals surface area contributed by atoms with Gasteiger partial charge in [-0.3, -0.25) is 0 Å². The lowest BCUT2D eigenvalue weighted by molar-refractivity contribution is -0.161. The molecule has 0 aliphatic heterocycles. The van der Waals surface area contributed by atoms with Gasteiger partial charge in [-0.1, -0.05) is 40.2 Å². The summed E-state index contributed by atoms with van der Waals surface area (Å²) in [4.78, 5) is 10.6. The molecule has 2 aliphatic carbocycles. The predicted octanol–water partition coefficient (Wildman–Crippen LogP) is 7.02. The Kier molecular flexibility index (Phi) is 5.73. The van der Waals surface area contributed by atoms with Gasteiger partial charge in [0.05, 0.1) is 16.4 Å². The van der Waals surface area contributed by atoms with Gasteiger partial charge in [-0.15, -0.1) is 0 Å². The molecule has 0 unspecified atom stereocenters. The van der Waals surface area contributed by atoms with Crippen LogP contribution >= 0.6 is 15.9 Å². The van der Waals surface area contributed by atoms with Gasteiger partial charge in [0.25, 0.3) is 0 Å². The Bertz CT molecular complexity index is 908. The largest absolute Gasteiger partial charge is 0.478 e. The van der Waals surface area contributed by atoms with E-state index in [1.807, 2.05) is 0 Å². The van der Waals surface area contributed by atoms with Gasteiger partial charge in [0, 0.05) is 4.47 Å². The van der Waals surface area contributed by atoms with Crippen molar-refractivity contribution in [3.05, 3.63) is 69.7 Å². The predicted molar refractivity (Wildman–Crippen MR) is 101 cm³/mol. The maximum absolute atomic E-state index is 12.7. The van der Waals surface area contributed by atoms with Crippen molar-refractivity contribution in [2.24, 2.45) is 0 Å². The van der Waals surface area contributed by atoms with Crippen LogP contribution in [0.4, 0.5) is 26.3 Å². The monoisotopic (exact) mass is 494 g/mol. The zero-order valence-electron chi connectivity index (χ0n) is 15.4. The summed E-state index contributed by atoms with van der Waals surface area (Å²) in [6.45, 7) is 0. The van der Waals surface area contributed by atoms with Gasteiger partial charge < -0.3 is 5.11 Å². The third-order valence-corrected chi connectivity index (χ3v) is 6.20. The molecule has 2 aromatic rings. The molecular weight excluding hydrogens is 478 g/mol. The lowest BCUT2D eigenvalue weighted by atomic mass is 9.94. The molecular formula is C21H17BrF6O2. The van der Waals surface area contributed by atoms with Gasteiger partial charge >= 0.3 is 18.3 Å². The summed E-state index contributed by atoms with van der Waals surface area (Å²) in [7, 11) is 0. The maximum atomic E-state index is 12.7. The van der Waals surface area contributed by atoms with Crippen LogP contribution in [-0.2, 0) is 10.8 Å². The minimum Gasteiger partial charge on any atom is -0.478 e. The Hall–Kier alpha value is -2.03. The van der Waals surface area contributed by atoms with Crippen LogP contribution in [0.15, 0.2) is 53.0 Å². The first-order valence-corrected chi connectivity index (χ1v) is 9.85. The molecule has 0 heterocycles. The number of benzene rings is 2. The van der Waals surface area contributed by atoms with Gasteiger partial charge in [-0.05, 0) is 61.1 Å².